The van der Waals surface area contributed by atoms with Gasteiger partial charge in [0.2, 0.25) is 0 Å². The predicted molar refractivity (Wildman–Crippen MR) is 75.6 cm³/mol. The molecule has 5 heteroatoms. The van der Waals surface area contributed by atoms with Crippen molar-refractivity contribution in [2.24, 2.45) is 0 Å². The topological polar surface area (TPSA) is 59.1 Å². The maximum Gasteiger partial charge on any atom is 0.261 e. The fraction of sp³-hybridized carbons (Fsp3) is 0.214. The third kappa shape index (κ3) is 3.32. The number of pyridine rings is 1. The molecule has 0 atom stereocenters. The first kappa shape index (κ1) is 13.5. The van der Waals surface area contributed by atoms with Gasteiger partial charge in [-0.25, -0.2) is 8.42 Å². The van der Waals surface area contributed by atoms with Crippen molar-refractivity contribution in [1.29, 1.82) is 0 Å². The van der Waals surface area contributed by atoms with Crippen LogP contribution in [-0.4, -0.2) is 13.4 Å². The average molecular weight is 276 g/mol. The minimum absolute atomic E-state index is 0.263. The second kappa shape index (κ2) is 5.40. The van der Waals surface area contributed by atoms with Crippen molar-refractivity contribution >= 4 is 15.7 Å². The van der Waals surface area contributed by atoms with Crippen LogP contribution in [0.5, 0.6) is 0 Å². The molecule has 0 aliphatic heterocycles. The molecule has 0 aliphatic rings. The van der Waals surface area contributed by atoms with Gasteiger partial charge in [-0.2, -0.15) is 0 Å². The Kier molecular flexibility index (Phi) is 3.85. The van der Waals surface area contributed by atoms with Crippen LogP contribution < -0.4 is 4.72 Å². The van der Waals surface area contributed by atoms with Crippen LogP contribution in [0.1, 0.15) is 18.2 Å². The van der Waals surface area contributed by atoms with E-state index in [1.54, 1.807) is 30.5 Å². The first-order valence-corrected chi connectivity index (χ1v) is 7.54. The maximum absolute atomic E-state index is 12.2. The molecule has 2 rings (SSSR count). The highest BCUT2D eigenvalue weighted by Gasteiger charge is 2.13. The average Bonchev–Trinajstić information content (AvgIpc) is 2.38. The quantitative estimate of drug-likeness (QED) is 0.934. The molecule has 100 valence electrons. The van der Waals surface area contributed by atoms with Gasteiger partial charge >= 0.3 is 0 Å². The first-order chi connectivity index (χ1) is 9.01. The number of hydrogen-bond acceptors (Lipinski definition) is 3. The second-order valence-electron chi connectivity index (χ2n) is 4.29. The van der Waals surface area contributed by atoms with Gasteiger partial charge in [0.1, 0.15) is 0 Å². The Morgan fingerprint density at radius 3 is 2.42 bits per heavy atom. The number of hydrogen-bond donors (Lipinski definition) is 1. The summed E-state index contributed by atoms with van der Waals surface area (Å²) in [4.78, 5) is 4.29. The molecule has 0 radical (unpaired) electrons. The molecule has 4 nitrogen and oxygen atoms in total. The van der Waals surface area contributed by atoms with Crippen LogP contribution in [-0.2, 0) is 16.4 Å². The third-order valence-corrected chi connectivity index (χ3v) is 4.19. The van der Waals surface area contributed by atoms with Gasteiger partial charge in [-0.3, -0.25) is 9.71 Å². The molecule has 1 aromatic carbocycles. The Bertz CT molecular complexity index is 664. The van der Waals surface area contributed by atoms with Crippen molar-refractivity contribution in [2.45, 2.75) is 25.2 Å². The molecule has 1 N–H and O–H groups in total. The number of nitrogens with zero attached hydrogens (tertiary/aromatic N) is 1. The molecule has 1 aromatic heterocycles. The SMILES string of the molecule is CCc1ccc(S(=O)(=O)Nc2ccnc(C)c2)cc1. The van der Waals surface area contributed by atoms with Crippen molar-refractivity contribution in [2.75, 3.05) is 4.72 Å². The Morgan fingerprint density at radius 2 is 1.84 bits per heavy atom. The molecule has 0 spiro atoms. The Balaban J connectivity index is 2.27. The van der Waals surface area contributed by atoms with Crippen molar-refractivity contribution in [1.82, 2.24) is 4.98 Å². The summed E-state index contributed by atoms with van der Waals surface area (Å²) in [7, 11) is -3.53. The smallest absolute Gasteiger partial charge is 0.261 e. The summed E-state index contributed by atoms with van der Waals surface area (Å²) >= 11 is 0. The summed E-state index contributed by atoms with van der Waals surface area (Å²) in [5.41, 5.74) is 2.40. The lowest BCUT2D eigenvalue weighted by Crippen LogP contribution is -2.13. The highest BCUT2D eigenvalue weighted by molar-refractivity contribution is 7.92. The van der Waals surface area contributed by atoms with Gasteiger partial charge in [-0.15, -0.1) is 0 Å². The molecule has 0 bridgehead atoms. The van der Waals surface area contributed by atoms with Crippen LogP contribution in [0.15, 0.2) is 47.5 Å². The van der Waals surface area contributed by atoms with Gasteiger partial charge in [0.15, 0.2) is 0 Å². The van der Waals surface area contributed by atoms with Crippen LogP contribution in [0.25, 0.3) is 0 Å². The molecule has 2 aromatic rings. The van der Waals surface area contributed by atoms with E-state index in [1.165, 1.54) is 0 Å². The zero-order chi connectivity index (χ0) is 13.9. The maximum atomic E-state index is 12.2. The zero-order valence-corrected chi connectivity index (χ0v) is 11.7. The minimum Gasteiger partial charge on any atom is -0.280 e. The van der Waals surface area contributed by atoms with E-state index >= 15 is 0 Å². The van der Waals surface area contributed by atoms with E-state index in [2.05, 4.69) is 9.71 Å². The monoisotopic (exact) mass is 276 g/mol. The molecule has 0 fully saturated rings. The summed E-state index contributed by atoms with van der Waals surface area (Å²) in [6.07, 6.45) is 2.46. The molecular formula is C14H16N2O2S. The normalized spacial score (nSPS) is 11.3. The van der Waals surface area contributed by atoms with Crippen LogP contribution in [0, 0.1) is 6.92 Å². The number of sulfonamides is 1. The number of aromatic nitrogens is 1. The highest BCUT2D eigenvalue weighted by Crippen LogP contribution is 2.16. The van der Waals surface area contributed by atoms with E-state index in [1.807, 2.05) is 26.0 Å². The van der Waals surface area contributed by atoms with Crippen LogP contribution >= 0.6 is 0 Å². The molecule has 1 heterocycles. The van der Waals surface area contributed by atoms with Crippen LogP contribution in [0.2, 0.25) is 0 Å². The summed E-state index contributed by atoms with van der Waals surface area (Å²) in [5, 5.41) is 0. The lowest BCUT2D eigenvalue weighted by Gasteiger charge is -2.08. The van der Waals surface area contributed by atoms with Crippen LogP contribution in [0.4, 0.5) is 5.69 Å². The van der Waals surface area contributed by atoms with Gasteiger partial charge < -0.3 is 0 Å². The first-order valence-electron chi connectivity index (χ1n) is 6.05. The zero-order valence-electron chi connectivity index (χ0n) is 10.9. The van der Waals surface area contributed by atoms with Gasteiger partial charge in [0, 0.05) is 11.9 Å². The number of aryl methyl sites for hydroxylation is 2. The van der Waals surface area contributed by atoms with E-state index in [-0.39, 0.29) is 4.90 Å². The molecule has 0 saturated heterocycles. The minimum atomic E-state index is -3.53. The Labute approximate surface area is 113 Å². The van der Waals surface area contributed by atoms with Crippen molar-refractivity contribution < 1.29 is 8.42 Å². The van der Waals surface area contributed by atoms with Crippen LogP contribution in [0.3, 0.4) is 0 Å². The lowest BCUT2D eigenvalue weighted by molar-refractivity contribution is 0.601. The molecule has 0 amide bonds. The Hall–Kier alpha value is -1.88. The van der Waals surface area contributed by atoms with Crippen molar-refractivity contribution in [3.05, 3.63) is 53.9 Å². The van der Waals surface area contributed by atoms with Gasteiger partial charge in [-0.05, 0) is 43.2 Å². The molecule has 0 saturated carbocycles. The second-order valence-corrected chi connectivity index (χ2v) is 5.97. The number of anilines is 1. The van der Waals surface area contributed by atoms with Gasteiger partial charge in [0.05, 0.1) is 10.6 Å². The predicted octanol–water partition coefficient (Wildman–Crippen LogP) is 2.75. The van der Waals surface area contributed by atoms with E-state index in [9.17, 15) is 8.42 Å². The fourth-order valence-electron chi connectivity index (χ4n) is 1.73. The summed E-state index contributed by atoms with van der Waals surface area (Å²) in [6, 6.07) is 10.2. The van der Waals surface area contributed by atoms with E-state index < -0.39 is 10.0 Å². The highest BCUT2D eigenvalue weighted by atomic mass is 32.2. The number of rotatable bonds is 4. The number of nitrogens with one attached hydrogen (secondary N) is 1. The van der Waals surface area contributed by atoms with Crippen molar-refractivity contribution in [3.8, 4) is 0 Å². The van der Waals surface area contributed by atoms with Gasteiger partial charge in [-0.1, -0.05) is 19.1 Å². The molecule has 0 unspecified atom stereocenters. The lowest BCUT2D eigenvalue weighted by atomic mass is 10.2. The summed E-state index contributed by atoms with van der Waals surface area (Å²) in [6.45, 7) is 3.84. The van der Waals surface area contributed by atoms with Gasteiger partial charge in [0.25, 0.3) is 10.0 Å². The van der Waals surface area contributed by atoms with E-state index in [0.29, 0.717) is 5.69 Å². The molecular weight excluding hydrogens is 260 g/mol. The fourth-order valence-corrected chi connectivity index (χ4v) is 2.78. The van der Waals surface area contributed by atoms with E-state index in [0.717, 1.165) is 17.7 Å². The Morgan fingerprint density at radius 1 is 1.16 bits per heavy atom. The number of benzene rings is 1. The molecule has 0 aliphatic carbocycles. The van der Waals surface area contributed by atoms with Crippen molar-refractivity contribution in [3.63, 3.8) is 0 Å². The standard InChI is InChI=1S/C14H16N2O2S/c1-3-12-4-6-14(7-5-12)19(17,18)16-13-8-9-15-11(2)10-13/h4-10H,3H2,1-2H3,(H,15,16). The largest absolute Gasteiger partial charge is 0.280 e. The molecule has 19 heavy (non-hydrogen) atoms. The summed E-state index contributed by atoms with van der Waals surface area (Å²) in [5.74, 6) is 0. The third-order valence-electron chi connectivity index (χ3n) is 2.79. The summed E-state index contributed by atoms with van der Waals surface area (Å²) < 4.78 is 26.9. The van der Waals surface area contributed by atoms with E-state index in [4.69, 9.17) is 0 Å².